The monoisotopic (exact) mass is 446 g/mol. The summed E-state index contributed by atoms with van der Waals surface area (Å²) in [5, 5.41) is 6.65. The highest BCUT2D eigenvalue weighted by atomic mass is 35.5. The summed E-state index contributed by atoms with van der Waals surface area (Å²) in [6.45, 7) is 6.61. The molecule has 3 rings (SSSR count). The summed E-state index contributed by atoms with van der Waals surface area (Å²) < 4.78 is 10.9. The van der Waals surface area contributed by atoms with Gasteiger partial charge in [0.2, 0.25) is 0 Å². The molecule has 0 radical (unpaired) electrons. The topological polar surface area (TPSA) is 75.7 Å². The molecular formula is C23H31ClN4O3. The Balaban J connectivity index is 1.73. The van der Waals surface area contributed by atoms with Crippen LogP contribution in [0.2, 0.25) is 5.02 Å². The fraction of sp³-hybridized carbons (Fsp3) is 0.478. The molecule has 0 saturated carbocycles. The van der Waals surface area contributed by atoms with E-state index in [1.54, 1.807) is 44.7 Å². The molecule has 0 spiro atoms. The first-order valence-electron chi connectivity index (χ1n) is 10.4. The maximum atomic E-state index is 12.7. The van der Waals surface area contributed by atoms with Crippen LogP contribution < -0.4 is 15.4 Å². The van der Waals surface area contributed by atoms with Gasteiger partial charge < -0.3 is 20.1 Å². The van der Waals surface area contributed by atoms with Crippen LogP contribution in [0.4, 0.5) is 10.5 Å². The van der Waals surface area contributed by atoms with Gasteiger partial charge in [0, 0.05) is 55.1 Å². The third kappa shape index (κ3) is 6.56. The molecule has 1 aliphatic rings. The van der Waals surface area contributed by atoms with Crippen LogP contribution in [-0.4, -0.2) is 61.4 Å². The van der Waals surface area contributed by atoms with Crippen molar-refractivity contribution in [2.24, 2.45) is 0 Å². The van der Waals surface area contributed by atoms with Gasteiger partial charge in [0.1, 0.15) is 5.75 Å². The number of pyridine rings is 1. The van der Waals surface area contributed by atoms with Crippen molar-refractivity contribution in [1.29, 1.82) is 0 Å². The molecule has 2 unspecified atom stereocenters. The zero-order chi connectivity index (χ0) is 22.4. The number of benzene rings is 1. The van der Waals surface area contributed by atoms with E-state index in [9.17, 15) is 4.79 Å². The fourth-order valence-electron chi connectivity index (χ4n) is 3.84. The van der Waals surface area contributed by atoms with Crippen molar-refractivity contribution in [2.45, 2.75) is 37.8 Å². The zero-order valence-electron chi connectivity index (χ0n) is 18.5. The van der Waals surface area contributed by atoms with Gasteiger partial charge in [0.25, 0.3) is 0 Å². The molecule has 168 valence electrons. The highest BCUT2D eigenvalue weighted by Crippen LogP contribution is 2.28. The van der Waals surface area contributed by atoms with Gasteiger partial charge in [-0.2, -0.15) is 0 Å². The van der Waals surface area contributed by atoms with E-state index in [-0.39, 0.29) is 23.6 Å². The van der Waals surface area contributed by atoms with E-state index in [0.29, 0.717) is 16.5 Å². The summed E-state index contributed by atoms with van der Waals surface area (Å²) >= 11 is 5.92. The van der Waals surface area contributed by atoms with Gasteiger partial charge in [-0.05, 0) is 56.7 Å². The summed E-state index contributed by atoms with van der Waals surface area (Å²) in [7, 11) is 3.36. The first-order chi connectivity index (χ1) is 14.8. The molecule has 1 aromatic heterocycles. The lowest BCUT2D eigenvalue weighted by Gasteiger charge is -2.41. The number of hydrogen-bond donors (Lipinski definition) is 2. The smallest absolute Gasteiger partial charge is 0.319 e. The molecule has 31 heavy (non-hydrogen) atoms. The number of piperidine rings is 1. The molecule has 2 heterocycles. The minimum absolute atomic E-state index is 0.0447. The first kappa shape index (κ1) is 23.3. The third-order valence-electron chi connectivity index (χ3n) is 5.65. The number of amides is 2. The number of carbonyl (C=O) groups is 1. The molecule has 8 heteroatoms. The average Bonchev–Trinajstić information content (AvgIpc) is 2.76. The normalized spacial score (nSPS) is 19.6. The fourth-order valence-corrected chi connectivity index (χ4v) is 3.97. The van der Waals surface area contributed by atoms with E-state index in [1.165, 1.54) is 0 Å². The summed E-state index contributed by atoms with van der Waals surface area (Å²) in [5.74, 6) is 0.755. The number of nitrogens with zero attached hydrogens (tertiary/aromatic N) is 2. The van der Waals surface area contributed by atoms with Crippen molar-refractivity contribution >= 4 is 23.3 Å². The Morgan fingerprint density at radius 2 is 1.97 bits per heavy atom. The maximum absolute atomic E-state index is 12.7. The molecule has 1 saturated heterocycles. The van der Waals surface area contributed by atoms with Crippen molar-refractivity contribution < 1.29 is 14.3 Å². The van der Waals surface area contributed by atoms with Crippen LogP contribution in [0.25, 0.3) is 0 Å². The van der Waals surface area contributed by atoms with Gasteiger partial charge in [0.05, 0.1) is 18.9 Å². The van der Waals surface area contributed by atoms with Gasteiger partial charge >= 0.3 is 6.03 Å². The van der Waals surface area contributed by atoms with Crippen molar-refractivity contribution in [3.8, 4) is 5.75 Å². The van der Waals surface area contributed by atoms with E-state index < -0.39 is 0 Å². The average molecular weight is 447 g/mol. The lowest BCUT2D eigenvalue weighted by Crippen LogP contribution is -2.53. The molecule has 1 aromatic carbocycles. The predicted molar refractivity (Wildman–Crippen MR) is 123 cm³/mol. The molecule has 2 N–H and O–H groups in total. The van der Waals surface area contributed by atoms with Crippen LogP contribution in [0.1, 0.15) is 31.9 Å². The molecule has 7 nitrogen and oxygen atoms in total. The molecule has 1 aliphatic heterocycles. The van der Waals surface area contributed by atoms with E-state index in [4.69, 9.17) is 21.1 Å². The van der Waals surface area contributed by atoms with Crippen LogP contribution in [0, 0.1) is 0 Å². The van der Waals surface area contributed by atoms with Gasteiger partial charge in [-0.1, -0.05) is 11.6 Å². The highest BCUT2D eigenvalue weighted by Gasteiger charge is 2.34. The number of aromatic nitrogens is 1. The number of hydrogen-bond acceptors (Lipinski definition) is 5. The number of nitrogens with one attached hydrogen (secondary N) is 2. The maximum Gasteiger partial charge on any atom is 0.319 e. The number of anilines is 1. The van der Waals surface area contributed by atoms with Crippen LogP contribution in [0.15, 0.2) is 42.6 Å². The quantitative estimate of drug-likeness (QED) is 0.668. The van der Waals surface area contributed by atoms with E-state index in [0.717, 1.165) is 31.7 Å². The molecule has 2 atom stereocenters. The SMILES string of the molecule is COc1ccc(C2CN(CC(C)(C)OC)CCC2NC(=O)Nc2ccc(Cl)cc2)nc1. The summed E-state index contributed by atoms with van der Waals surface area (Å²) in [5.41, 5.74) is 1.38. The molecule has 2 amide bonds. The van der Waals surface area contributed by atoms with Crippen LogP contribution in [0.3, 0.4) is 0 Å². The van der Waals surface area contributed by atoms with Crippen LogP contribution in [-0.2, 0) is 4.74 Å². The second-order valence-corrected chi connectivity index (χ2v) is 8.87. The molecule has 0 bridgehead atoms. The number of halogens is 1. The number of methoxy groups -OCH3 is 2. The minimum Gasteiger partial charge on any atom is -0.495 e. The van der Waals surface area contributed by atoms with Gasteiger partial charge in [-0.15, -0.1) is 0 Å². The molecular weight excluding hydrogens is 416 g/mol. The van der Waals surface area contributed by atoms with Crippen LogP contribution >= 0.6 is 11.6 Å². The Labute approximate surface area is 189 Å². The second-order valence-electron chi connectivity index (χ2n) is 8.43. The van der Waals surface area contributed by atoms with E-state index >= 15 is 0 Å². The predicted octanol–water partition coefficient (Wildman–Crippen LogP) is 4.15. The lowest BCUT2D eigenvalue weighted by molar-refractivity contribution is -0.0152. The Morgan fingerprint density at radius 3 is 2.58 bits per heavy atom. The zero-order valence-corrected chi connectivity index (χ0v) is 19.3. The Morgan fingerprint density at radius 1 is 1.23 bits per heavy atom. The standard InChI is InChI=1S/C23H31ClN4O3/c1-23(2,31-4)15-28-12-11-21(19(14-28)20-10-9-18(30-3)13-25-20)27-22(29)26-17-7-5-16(24)6-8-17/h5-10,13,19,21H,11-12,14-15H2,1-4H3,(H2,26,27,29). The summed E-state index contributed by atoms with van der Waals surface area (Å²) in [6.07, 6.45) is 2.53. The number of urea groups is 1. The number of rotatable bonds is 7. The molecule has 1 fully saturated rings. The Bertz CT molecular complexity index is 858. The summed E-state index contributed by atoms with van der Waals surface area (Å²) in [4.78, 5) is 19.6. The number of carbonyl (C=O) groups excluding carboxylic acids is 1. The van der Waals surface area contributed by atoms with Crippen molar-refractivity contribution in [3.63, 3.8) is 0 Å². The molecule has 2 aromatic rings. The second kappa shape index (κ2) is 10.3. The first-order valence-corrected chi connectivity index (χ1v) is 10.8. The van der Waals surface area contributed by atoms with Crippen molar-refractivity contribution in [2.75, 3.05) is 39.2 Å². The van der Waals surface area contributed by atoms with Crippen LogP contribution in [0.5, 0.6) is 5.75 Å². The summed E-state index contributed by atoms with van der Waals surface area (Å²) in [6, 6.07) is 10.6. The Hall–Kier alpha value is -2.35. The lowest BCUT2D eigenvalue weighted by atomic mass is 9.88. The Kier molecular flexibility index (Phi) is 7.75. The number of likely N-dealkylation sites (tertiary alicyclic amines) is 1. The van der Waals surface area contributed by atoms with Gasteiger partial charge in [-0.25, -0.2) is 4.79 Å². The largest absolute Gasteiger partial charge is 0.495 e. The number of ether oxygens (including phenoxy) is 2. The van der Waals surface area contributed by atoms with Crippen molar-refractivity contribution in [1.82, 2.24) is 15.2 Å². The highest BCUT2D eigenvalue weighted by molar-refractivity contribution is 6.30. The molecule has 0 aliphatic carbocycles. The minimum atomic E-state index is -0.246. The van der Waals surface area contributed by atoms with Gasteiger partial charge in [-0.3, -0.25) is 9.88 Å². The van der Waals surface area contributed by atoms with E-state index in [1.807, 2.05) is 12.1 Å². The van der Waals surface area contributed by atoms with E-state index in [2.05, 4.69) is 34.4 Å². The van der Waals surface area contributed by atoms with Gasteiger partial charge in [0.15, 0.2) is 0 Å². The third-order valence-corrected chi connectivity index (χ3v) is 5.90. The van der Waals surface area contributed by atoms with Crippen molar-refractivity contribution in [3.05, 3.63) is 53.3 Å².